The van der Waals surface area contributed by atoms with Gasteiger partial charge in [-0.15, -0.1) is 11.3 Å². The summed E-state index contributed by atoms with van der Waals surface area (Å²) in [6.07, 6.45) is -1.27. The van der Waals surface area contributed by atoms with Crippen LogP contribution in [-0.4, -0.2) is 4.98 Å². The summed E-state index contributed by atoms with van der Waals surface area (Å²) < 4.78 is 39.7. The van der Waals surface area contributed by atoms with Gasteiger partial charge in [-0.25, -0.2) is 4.98 Å². The van der Waals surface area contributed by atoms with E-state index in [1.54, 1.807) is 12.1 Å². The van der Waals surface area contributed by atoms with Crippen LogP contribution in [0.2, 0.25) is 0 Å². The summed E-state index contributed by atoms with van der Waals surface area (Å²) in [5.41, 5.74) is 0.359. The van der Waals surface area contributed by atoms with Gasteiger partial charge in [0.15, 0.2) is 0 Å². The molecule has 0 bridgehead atoms. The van der Waals surface area contributed by atoms with Crippen molar-refractivity contribution in [3.8, 4) is 0 Å². The first-order valence-electron chi connectivity index (χ1n) is 6.24. The van der Waals surface area contributed by atoms with E-state index in [0.29, 0.717) is 5.01 Å². The molecule has 0 aliphatic heterocycles. The van der Waals surface area contributed by atoms with Crippen LogP contribution in [-0.2, 0) is 6.18 Å². The Balaban J connectivity index is 1.96. The largest absolute Gasteiger partial charge is 0.416 e. The van der Waals surface area contributed by atoms with Crippen LogP contribution in [0.25, 0.3) is 22.4 Å². The lowest BCUT2D eigenvalue weighted by atomic mass is 10.1. The summed E-state index contributed by atoms with van der Waals surface area (Å²) in [6, 6.07) is 13.1. The first-order valence-corrected chi connectivity index (χ1v) is 7.05. The van der Waals surface area contributed by atoms with E-state index in [1.165, 1.54) is 29.5 Å². The highest BCUT2D eigenvalue weighted by molar-refractivity contribution is 7.19. The number of hydrogen-bond donors (Lipinski definition) is 0. The summed E-state index contributed by atoms with van der Waals surface area (Å²) >= 11 is 1.45. The van der Waals surface area contributed by atoms with Gasteiger partial charge in [0.2, 0.25) is 0 Å². The molecule has 1 heterocycles. The van der Waals surface area contributed by atoms with E-state index in [9.17, 15) is 13.2 Å². The van der Waals surface area contributed by atoms with Crippen LogP contribution in [0.4, 0.5) is 13.2 Å². The molecule has 0 aliphatic carbocycles. The molecule has 0 aliphatic rings. The van der Waals surface area contributed by atoms with E-state index < -0.39 is 11.7 Å². The zero-order valence-corrected chi connectivity index (χ0v) is 11.6. The fraction of sp³-hybridized carbons (Fsp3) is 0.0625. The van der Waals surface area contributed by atoms with Crippen LogP contribution in [0, 0.1) is 0 Å². The molecule has 3 aromatic rings. The van der Waals surface area contributed by atoms with Gasteiger partial charge in [0, 0.05) is 0 Å². The molecule has 0 amide bonds. The monoisotopic (exact) mass is 305 g/mol. The number of benzene rings is 2. The second kappa shape index (κ2) is 5.33. The van der Waals surface area contributed by atoms with Crippen LogP contribution in [0.3, 0.4) is 0 Å². The lowest BCUT2D eigenvalue weighted by Crippen LogP contribution is -2.06. The number of halogens is 3. The molecule has 3 rings (SSSR count). The Bertz CT molecular complexity index is 769. The third-order valence-electron chi connectivity index (χ3n) is 2.98. The number of fused-ring (bicyclic) bond motifs is 1. The summed E-state index contributed by atoms with van der Waals surface area (Å²) in [6.45, 7) is 0. The fourth-order valence-corrected chi connectivity index (χ4v) is 2.89. The lowest BCUT2D eigenvalue weighted by molar-refractivity contribution is -0.137. The molecule has 1 nitrogen and oxygen atoms in total. The third kappa shape index (κ3) is 2.97. The second-order valence-corrected chi connectivity index (χ2v) is 5.50. The van der Waals surface area contributed by atoms with Gasteiger partial charge < -0.3 is 0 Å². The first-order chi connectivity index (χ1) is 10.0. The Labute approximate surface area is 123 Å². The highest BCUT2D eigenvalue weighted by Crippen LogP contribution is 2.33. The number of para-hydroxylation sites is 1. The Morgan fingerprint density at radius 2 is 1.62 bits per heavy atom. The van der Waals surface area contributed by atoms with Crippen LogP contribution >= 0.6 is 11.3 Å². The van der Waals surface area contributed by atoms with Gasteiger partial charge in [0.1, 0.15) is 5.01 Å². The molecule has 106 valence electrons. The molecule has 21 heavy (non-hydrogen) atoms. The predicted molar refractivity (Wildman–Crippen MR) is 80.0 cm³/mol. The topological polar surface area (TPSA) is 12.9 Å². The van der Waals surface area contributed by atoms with Crippen molar-refractivity contribution >= 4 is 33.7 Å². The molecule has 0 fully saturated rings. The number of aromatic nitrogens is 1. The number of hydrogen-bond acceptors (Lipinski definition) is 2. The van der Waals surface area contributed by atoms with Crippen LogP contribution < -0.4 is 0 Å². The van der Waals surface area contributed by atoms with E-state index in [4.69, 9.17) is 0 Å². The minimum Gasteiger partial charge on any atom is -0.237 e. The zero-order valence-electron chi connectivity index (χ0n) is 10.8. The van der Waals surface area contributed by atoms with Crippen molar-refractivity contribution in [3.05, 3.63) is 64.7 Å². The molecule has 1 aromatic heterocycles. The maximum absolute atomic E-state index is 12.9. The molecule has 0 radical (unpaired) electrons. The minimum atomic E-state index is -4.35. The zero-order chi connectivity index (χ0) is 14.9. The van der Waals surface area contributed by atoms with Gasteiger partial charge in [0.25, 0.3) is 0 Å². The van der Waals surface area contributed by atoms with E-state index in [0.717, 1.165) is 16.3 Å². The Morgan fingerprint density at radius 3 is 2.38 bits per heavy atom. The second-order valence-electron chi connectivity index (χ2n) is 4.44. The highest BCUT2D eigenvalue weighted by Gasteiger charge is 2.32. The maximum atomic E-state index is 12.9. The van der Waals surface area contributed by atoms with Crippen molar-refractivity contribution < 1.29 is 13.2 Å². The predicted octanol–water partition coefficient (Wildman–Crippen LogP) is 5.49. The molecule has 0 spiro atoms. The number of thiazole rings is 1. The van der Waals surface area contributed by atoms with Gasteiger partial charge >= 0.3 is 6.18 Å². The molecule has 0 saturated carbocycles. The van der Waals surface area contributed by atoms with Crippen LogP contribution in [0.15, 0.2) is 48.5 Å². The Morgan fingerprint density at radius 1 is 0.905 bits per heavy atom. The number of rotatable bonds is 2. The molecule has 0 atom stereocenters. The number of nitrogens with zero attached hydrogens (tertiary/aromatic N) is 1. The van der Waals surface area contributed by atoms with Gasteiger partial charge in [-0.05, 0) is 29.8 Å². The quantitative estimate of drug-likeness (QED) is 0.610. The Hall–Kier alpha value is -2.14. The van der Waals surface area contributed by atoms with Crippen molar-refractivity contribution in [2.45, 2.75) is 6.18 Å². The van der Waals surface area contributed by atoms with Gasteiger partial charge in [-0.3, -0.25) is 0 Å². The summed E-state index contributed by atoms with van der Waals surface area (Å²) in [5.74, 6) is 0. The summed E-state index contributed by atoms with van der Waals surface area (Å²) in [4.78, 5) is 4.37. The molecule has 0 saturated heterocycles. The molecule has 2 aromatic carbocycles. The van der Waals surface area contributed by atoms with Crippen molar-refractivity contribution in [3.63, 3.8) is 0 Å². The average Bonchev–Trinajstić information content (AvgIpc) is 2.87. The molecular formula is C16H10F3NS. The smallest absolute Gasteiger partial charge is 0.237 e. The molecule has 5 heteroatoms. The van der Waals surface area contributed by atoms with E-state index in [2.05, 4.69) is 4.98 Å². The lowest BCUT2D eigenvalue weighted by Gasteiger charge is -2.09. The average molecular weight is 305 g/mol. The standard InChI is InChI=1S/C16H10F3NS/c17-16(18,19)12-6-2-1-5-11(12)9-10-15-20-13-7-3-4-8-14(13)21-15/h1-10H/b10-9+. The molecule has 0 unspecified atom stereocenters. The highest BCUT2D eigenvalue weighted by atomic mass is 32.1. The SMILES string of the molecule is FC(F)(F)c1ccccc1/C=C/c1nc2ccccc2s1. The van der Waals surface area contributed by atoms with Crippen molar-refractivity contribution in [1.82, 2.24) is 4.98 Å². The summed E-state index contributed by atoms with van der Waals surface area (Å²) in [7, 11) is 0. The van der Waals surface area contributed by atoms with Gasteiger partial charge in [-0.1, -0.05) is 36.4 Å². The van der Waals surface area contributed by atoms with Crippen LogP contribution in [0.5, 0.6) is 0 Å². The van der Waals surface area contributed by atoms with Gasteiger partial charge in [0.05, 0.1) is 15.8 Å². The van der Waals surface area contributed by atoms with Gasteiger partial charge in [-0.2, -0.15) is 13.2 Å². The minimum absolute atomic E-state index is 0.143. The number of alkyl halides is 3. The normalized spacial score (nSPS) is 12.3. The van der Waals surface area contributed by atoms with E-state index >= 15 is 0 Å². The molecule has 0 N–H and O–H groups in total. The van der Waals surface area contributed by atoms with Crippen molar-refractivity contribution in [1.29, 1.82) is 0 Å². The Kier molecular flexibility index (Phi) is 3.51. The third-order valence-corrected chi connectivity index (χ3v) is 3.98. The van der Waals surface area contributed by atoms with Crippen molar-refractivity contribution in [2.24, 2.45) is 0 Å². The molecular weight excluding hydrogens is 295 g/mol. The maximum Gasteiger partial charge on any atom is 0.416 e. The van der Waals surface area contributed by atoms with Crippen molar-refractivity contribution in [2.75, 3.05) is 0 Å². The summed E-state index contributed by atoms with van der Waals surface area (Å²) in [5, 5.41) is 0.688. The fourth-order valence-electron chi connectivity index (χ4n) is 2.02. The van der Waals surface area contributed by atoms with Crippen LogP contribution in [0.1, 0.15) is 16.1 Å². The van der Waals surface area contributed by atoms with E-state index in [1.807, 2.05) is 24.3 Å². The van der Waals surface area contributed by atoms with E-state index in [-0.39, 0.29) is 5.56 Å². The first kappa shape index (κ1) is 13.8.